The van der Waals surface area contributed by atoms with Gasteiger partial charge in [0.25, 0.3) is 0 Å². The van der Waals surface area contributed by atoms with Crippen LogP contribution in [0.4, 0.5) is 0 Å². The van der Waals surface area contributed by atoms with Crippen molar-refractivity contribution in [2.75, 3.05) is 0 Å². The molecule has 0 aliphatic heterocycles. The van der Waals surface area contributed by atoms with Crippen LogP contribution in [-0.2, 0) is 0 Å². The molecule has 0 saturated heterocycles. The number of halogens is 1. The predicted octanol–water partition coefficient (Wildman–Crippen LogP) is 2.54. The van der Waals surface area contributed by atoms with E-state index in [4.69, 9.17) is 0 Å². The van der Waals surface area contributed by atoms with Gasteiger partial charge in [0.15, 0.2) is 0 Å². The first kappa shape index (κ1) is 7.91. The summed E-state index contributed by atoms with van der Waals surface area (Å²) in [5.41, 5.74) is 2.06. The van der Waals surface area contributed by atoms with Crippen molar-refractivity contribution >= 4 is 33.5 Å². The number of hydrogen-bond donors (Lipinski definition) is 0. The molecule has 0 unspecified atom stereocenters. The van der Waals surface area contributed by atoms with Crippen LogP contribution in [0.1, 0.15) is 5.69 Å². The van der Waals surface area contributed by atoms with Gasteiger partial charge in [-0.2, -0.15) is 0 Å². The first-order chi connectivity index (χ1) is 5.77. The quantitative estimate of drug-likeness (QED) is 0.687. The Hall–Kier alpha value is -0.710. The van der Waals surface area contributed by atoms with E-state index in [0.29, 0.717) is 0 Å². The van der Waals surface area contributed by atoms with Crippen LogP contribution in [0.15, 0.2) is 24.5 Å². The van der Waals surface area contributed by atoms with Gasteiger partial charge in [-0.15, -0.1) is 0 Å². The van der Waals surface area contributed by atoms with Gasteiger partial charge < -0.3 is 0 Å². The third-order valence-corrected chi connectivity index (χ3v) is 2.37. The zero-order valence-corrected chi connectivity index (χ0v) is 8.74. The summed E-state index contributed by atoms with van der Waals surface area (Å²) >= 11 is 2.25. The zero-order valence-electron chi connectivity index (χ0n) is 6.58. The number of aromatic nitrogens is 2. The summed E-state index contributed by atoms with van der Waals surface area (Å²) in [6.07, 6.45) is 3.65. The van der Waals surface area contributed by atoms with Crippen LogP contribution in [0, 0.1) is 10.5 Å². The number of nitrogens with zero attached hydrogens (tertiary/aromatic N) is 2. The molecule has 0 bridgehead atoms. The largest absolute Gasteiger partial charge is 0.261 e. The molecule has 2 heterocycles. The number of rotatable bonds is 0. The second-order valence-electron chi connectivity index (χ2n) is 2.62. The molecule has 0 aliphatic rings. The van der Waals surface area contributed by atoms with Crippen LogP contribution in [0.5, 0.6) is 0 Å². The SMILES string of the molecule is Cc1nccc2ncc(I)cc12. The fourth-order valence-corrected chi connectivity index (χ4v) is 1.61. The van der Waals surface area contributed by atoms with Gasteiger partial charge in [0, 0.05) is 27.0 Å². The molecule has 0 amide bonds. The van der Waals surface area contributed by atoms with Gasteiger partial charge >= 0.3 is 0 Å². The minimum absolute atomic E-state index is 1.02. The Morgan fingerprint density at radius 1 is 1.33 bits per heavy atom. The molecule has 2 nitrogen and oxygen atoms in total. The second kappa shape index (κ2) is 2.97. The van der Waals surface area contributed by atoms with E-state index in [0.717, 1.165) is 20.2 Å². The third kappa shape index (κ3) is 1.29. The van der Waals surface area contributed by atoms with Gasteiger partial charge in [0.05, 0.1) is 5.52 Å². The molecular weight excluding hydrogens is 263 g/mol. The van der Waals surface area contributed by atoms with Gasteiger partial charge in [-0.1, -0.05) is 0 Å². The highest BCUT2D eigenvalue weighted by Crippen LogP contribution is 2.16. The minimum atomic E-state index is 1.02. The highest BCUT2D eigenvalue weighted by atomic mass is 127. The van der Waals surface area contributed by atoms with Crippen molar-refractivity contribution in [1.29, 1.82) is 0 Å². The molecule has 0 atom stereocenters. The third-order valence-electron chi connectivity index (χ3n) is 1.78. The fraction of sp³-hybridized carbons (Fsp3) is 0.111. The molecule has 0 saturated carbocycles. The Morgan fingerprint density at radius 2 is 2.17 bits per heavy atom. The summed E-state index contributed by atoms with van der Waals surface area (Å²) in [5.74, 6) is 0. The maximum absolute atomic E-state index is 4.29. The van der Waals surface area contributed by atoms with E-state index in [1.807, 2.05) is 19.2 Å². The topological polar surface area (TPSA) is 25.8 Å². The van der Waals surface area contributed by atoms with Gasteiger partial charge in [-0.3, -0.25) is 9.97 Å². The molecule has 2 aromatic rings. The number of pyridine rings is 2. The van der Waals surface area contributed by atoms with Crippen LogP contribution in [0.25, 0.3) is 10.9 Å². The maximum Gasteiger partial charge on any atom is 0.0736 e. The Bertz CT molecular complexity index is 426. The molecule has 0 aromatic carbocycles. The lowest BCUT2D eigenvalue weighted by atomic mass is 10.2. The first-order valence-corrected chi connectivity index (χ1v) is 4.72. The van der Waals surface area contributed by atoms with Crippen LogP contribution < -0.4 is 0 Å². The summed E-state index contributed by atoms with van der Waals surface area (Å²) in [6, 6.07) is 4.03. The Kier molecular flexibility index (Phi) is 1.96. The lowest BCUT2D eigenvalue weighted by Gasteiger charge is -1.99. The fourth-order valence-electron chi connectivity index (χ4n) is 1.16. The van der Waals surface area contributed by atoms with Crippen molar-refractivity contribution in [2.45, 2.75) is 6.92 Å². The van der Waals surface area contributed by atoms with Gasteiger partial charge in [0.2, 0.25) is 0 Å². The van der Waals surface area contributed by atoms with Crippen LogP contribution in [0.2, 0.25) is 0 Å². The Labute approximate surface area is 84.2 Å². The number of hydrogen-bond acceptors (Lipinski definition) is 2. The lowest BCUT2D eigenvalue weighted by Crippen LogP contribution is -1.86. The van der Waals surface area contributed by atoms with E-state index in [1.54, 1.807) is 6.20 Å². The molecule has 12 heavy (non-hydrogen) atoms. The molecule has 0 fully saturated rings. The predicted molar refractivity (Wildman–Crippen MR) is 57.0 cm³/mol. The van der Waals surface area contributed by atoms with E-state index in [2.05, 4.69) is 38.6 Å². The molecule has 0 radical (unpaired) electrons. The zero-order chi connectivity index (χ0) is 8.55. The summed E-state index contributed by atoms with van der Waals surface area (Å²) in [7, 11) is 0. The lowest BCUT2D eigenvalue weighted by molar-refractivity contribution is 1.22. The van der Waals surface area contributed by atoms with E-state index >= 15 is 0 Å². The average Bonchev–Trinajstić information content (AvgIpc) is 2.07. The van der Waals surface area contributed by atoms with Crippen molar-refractivity contribution in [3.63, 3.8) is 0 Å². The Balaban J connectivity index is 2.88. The smallest absolute Gasteiger partial charge is 0.0736 e. The summed E-state index contributed by atoms with van der Waals surface area (Å²) in [5, 5.41) is 1.14. The van der Waals surface area contributed by atoms with Crippen LogP contribution >= 0.6 is 22.6 Å². The summed E-state index contributed by atoms with van der Waals surface area (Å²) in [4.78, 5) is 8.50. The molecule has 2 aromatic heterocycles. The molecule has 60 valence electrons. The minimum Gasteiger partial charge on any atom is -0.261 e. The van der Waals surface area contributed by atoms with Crippen LogP contribution in [-0.4, -0.2) is 9.97 Å². The van der Waals surface area contributed by atoms with E-state index in [-0.39, 0.29) is 0 Å². The molecule has 0 spiro atoms. The maximum atomic E-state index is 4.29. The van der Waals surface area contributed by atoms with E-state index in [1.165, 1.54) is 0 Å². The molecular formula is C9H7IN2. The number of fused-ring (bicyclic) bond motifs is 1. The van der Waals surface area contributed by atoms with Crippen LogP contribution in [0.3, 0.4) is 0 Å². The highest BCUT2D eigenvalue weighted by molar-refractivity contribution is 14.1. The van der Waals surface area contributed by atoms with Gasteiger partial charge in [0.1, 0.15) is 0 Å². The highest BCUT2D eigenvalue weighted by Gasteiger charge is 1.98. The summed E-state index contributed by atoms with van der Waals surface area (Å²) < 4.78 is 1.15. The van der Waals surface area contributed by atoms with Crippen molar-refractivity contribution in [2.24, 2.45) is 0 Å². The molecule has 2 rings (SSSR count). The molecule has 0 aliphatic carbocycles. The Morgan fingerprint density at radius 3 is 3.00 bits per heavy atom. The average molecular weight is 270 g/mol. The van der Waals surface area contributed by atoms with Crippen molar-refractivity contribution < 1.29 is 0 Å². The number of aryl methyl sites for hydroxylation is 1. The standard InChI is InChI=1S/C9H7IN2/c1-6-8-4-7(10)5-12-9(8)2-3-11-6/h2-5H,1H3. The normalized spacial score (nSPS) is 10.5. The van der Waals surface area contributed by atoms with Gasteiger partial charge in [-0.25, -0.2) is 0 Å². The van der Waals surface area contributed by atoms with E-state index in [9.17, 15) is 0 Å². The molecule has 3 heteroatoms. The van der Waals surface area contributed by atoms with E-state index < -0.39 is 0 Å². The monoisotopic (exact) mass is 270 g/mol. The van der Waals surface area contributed by atoms with Crippen molar-refractivity contribution in [3.05, 3.63) is 33.8 Å². The first-order valence-electron chi connectivity index (χ1n) is 3.64. The molecule has 0 N–H and O–H groups in total. The van der Waals surface area contributed by atoms with Crippen molar-refractivity contribution in [1.82, 2.24) is 9.97 Å². The van der Waals surface area contributed by atoms with Gasteiger partial charge in [-0.05, 0) is 41.6 Å². The summed E-state index contributed by atoms with van der Waals surface area (Å²) in [6.45, 7) is 2.00. The van der Waals surface area contributed by atoms with Crippen molar-refractivity contribution in [3.8, 4) is 0 Å². The second-order valence-corrected chi connectivity index (χ2v) is 3.86.